The molecule has 0 fully saturated rings. The molecule has 1 amide bonds. The Labute approximate surface area is 173 Å². The molecule has 0 aliphatic heterocycles. The predicted molar refractivity (Wildman–Crippen MR) is 116 cm³/mol. The van der Waals surface area contributed by atoms with Gasteiger partial charge in [-0.05, 0) is 44.5 Å². The molecule has 3 rings (SSSR count). The van der Waals surface area contributed by atoms with Crippen molar-refractivity contribution in [1.82, 2.24) is 4.98 Å². The number of para-hydroxylation sites is 1. The monoisotopic (exact) mass is 413 g/mol. The summed E-state index contributed by atoms with van der Waals surface area (Å²) in [4.78, 5) is 31.9. The van der Waals surface area contributed by atoms with Crippen molar-refractivity contribution in [3.05, 3.63) is 63.7 Å². The van der Waals surface area contributed by atoms with Gasteiger partial charge in [0.15, 0.2) is 5.13 Å². The third-order valence-corrected chi connectivity index (χ3v) is 6.07. The topological polar surface area (TPSA) is 80.8 Å². The Kier molecular flexibility index (Phi) is 6.56. The molecule has 0 bridgehead atoms. The SMILES string of the molecule is CC[NH+](CC)CCN(C(=O)c1ccccc1[N+](=O)[O-])c1nc2ccc(C)cc2s1. The first-order valence-corrected chi connectivity index (χ1v) is 10.5. The summed E-state index contributed by atoms with van der Waals surface area (Å²) in [5.74, 6) is -0.389. The average Bonchev–Trinajstić information content (AvgIpc) is 3.13. The van der Waals surface area contributed by atoms with Crippen LogP contribution < -0.4 is 9.80 Å². The van der Waals surface area contributed by atoms with E-state index in [0.29, 0.717) is 11.7 Å². The average molecular weight is 414 g/mol. The Bertz CT molecular complexity index is 1030. The van der Waals surface area contributed by atoms with Gasteiger partial charge in [-0.1, -0.05) is 29.5 Å². The van der Waals surface area contributed by atoms with Crippen LogP contribution in [0, 0.1) is 17.0 Å². The van der Waals surface area contributed by atoms with Crippen molar-refractivity contribution < 1.29 is 14.6 Å². The molecule has 0 radical (unpaired) electrons. The van der Waals surface area contributed by atoms with E-state index >= 15 is 0 Å². The second-order valence-electron chi connectivity index (χ2n) is 6.91. The third kappa shape index (κ3) is 4.60. The van der Waals surface area contributed by atoms with Crippen molar-refractivity contribution in [3.8, 4) is 0 Å². The van der Waals surface area contributed by atoms with Crippen molar-refractivity contribution in [3.63, 3.8) is 0 Å². The van der Waals surface area contributed by atoms with E-state index in [-0.39, 0.29) is 17.2 Å². The van der Waals surface area contributed by atoms with Crippen LogP contribution in [0.25, 0.3) is 10.2 Å². The Morgan fingerprint density at radius 3 is 2.62 bits per heavy atom. The maximum absolute atomic E-state index is 13.4. The fourth-order valence-corrected chi connectivity index (χ4v) is 4.34. The largest absolute Gasteiger partial charge is 0.334 e. The first kappa shape index (κ1) is 20.9. The van der Waals surface area contributed by atoms with Gasteiger partial charge in [-0.3, -0.25) is 19.8 Å². The van der Waals surface area contributed by atoms with E-state index < -0.39 is 4.92 Å². The molecular formula is C21H25N4O3S+. The number of aromatic nitrogens is 1. The number of thiazole rings is 1. The van der Waals surface area contributed by atoms with Gasteiger partial charge >= 0.3 is 0 Å². The first-order valence-electron chi connectivity index (χ1n) is 9.70. The molecule has 3 aromatic rings. The fraction of sp³-hybridized carbons (Fsp3) is 0.333. The molecule has 29 heavy (non-hydrogen) atoms. The van der Waals surface area contributed by atoms with Gasteiger partial charge in [-0.15, -0.1) is 0 Å². The number of hydrogen-bond donors (Lipinski definition) is 1. The van der Waals surface area contributed by atoms with Crippen LogP contribution >= 0.6 is 11.3 Å². The lowest BCUT2D eigenvalue weighted by Crippen LogP contribution is -3.12. The molecule has 2 aromatic carbocycles. The number of carbonyl (C=O) groups excluding carboxylic acids is 1. The molecule has 0 aliphatic rings. The van der Waals surface area contributed by atoms with Crippen molar-refractivity contribution in [1.29, 1.82) is 0 Å². The van der Waals surface area contributed by atoms with E-state index in [1.165, 1.54) is 28.4 Å². The lowest BCUT2D eigenvalue weighted by atomic mass is 10.1. The van der Waals surface area contributed by atoms with Crippen LogP contribution in [0.3, 0.4) is 0 Å². The van der Waals surface area contributed by atoms with E-state index in [1.54, 1.807) is 17.0 Å². The molecule has 152 valence electrons. The van der Waals surface area contributed by atoms with Crippen LogP contribution in [-0.2, 0) is 0 Å². The number of nitro groups is 1. The molecule has 1 aromatic heterocycles. The molecule has 1 heterocycles. The number of anilines is 1. The molecule has 0 unspecified atom stereocenters. The molecule has 1 N–H and O–H groups in total. The van der Waals surface area contributed by atoms with Crippen molar-refractivity contribution >= 4 is 38.3 Å². The maximum atomic E-state index is 13.4. The highest BCUT2D eigenvalue weighted by Crippen LogP contribution is 2.31. The highest BCUT2D eigenvalue weighted by molar-refractivity contribution is 7.22. The maximum Gasteiger partial charge on any atom is 0.282 e. The summed E-state index contributed by atoms with van der Waals surface area (Å²) in [7, 11) is 0. The smallest absolute Gasteiger partial charge is 0.282 e. The summed E-state index contributed by atoms with van der Waals surface area (Å²) in [5.41, 5.74) is 1.85. The minimum Gasteiger partial charge on any atom is -0.334 e. The first-order chi connectivity index (χ1) is 13.9. The Morgan fingerprint density at radius 2 is 1.93 bits per heavy atom. The van der Waals surface area contributed by atoms with Gasteiger partial charge in [0.25, 0.3) is 11.6 Å². The van der Waals surface area contributed by atoms with Crippen molar-refractivity contribution in [2.45, 2.75) is 20.8 Å². The Hall–Kier alpha value is -2.84. The van der Waals surface area contributed by atoms with Crippen LogP contribution in [0.1, 0.15) is 29.8 Å². The summed E-state index contributed by atoms with van der Waals surface area (Å²) in [6.07, 6.45) is 0. The van der Waals surface area contributed by atoms with E-state index in [0.717, 1.165) is 35.4 Å². The van der Waals surface area contributed by atoms with Crippen LogP contribution in [0.4, 0.5) is 10.8 Å². The minimum absolute atomic E-state index is 0.0856. The van der Waals surface area contributed by atoms with Crippen LogP contribution in [0.5, 0.6) is 0 Å². The molecule has 8 heteroatoms. The number of nitrogens with zero attached hydrogens (tertiary/aromatic N) is 3. The number of quaternary nitrogens is 1. The van der Waals surface area contributed by atoms with Crippen LogP contribution in [-0.4, -0.2) is 42.0 Å². The lowest BCUT2D eigenvalue weighted by Gasteiger charge is -2.23. The summed E-state index contributed by atoms with van der Waals surface area (Å²) in [6, 6.07) is 12.1. The number of amides is 1. The number of rotatable bonds is 8. The van der Waals surface area contributed by atoms with Crippen LogP contribution in [0.2, 0.25) is 0 Å². The summed E-state index contributed by atoms with van der Waals surface area (Å²) < 4.78 is 0.996. The highest BCUT2D eigenvalue weighted by Gasteiger charge is 2.28. The lowest BCUT2D eigenvalue weighted by molar-refractivity contribution is -0.894. The zero-order valence-electron chi connectivity index (χ0n) is 16.8. The number of fused-ring (bicyclic) bond motifs is 1. The number of hydrogen-bond acceptors (Lipinski definition) is 5. The van der Waals surface area contributed by atoms with Crippen molar-refractivity contribution in [2.24, 2.45) is 0 Å². The van der Waals surface area contributed by atoms with Gasteiger partial charge in [0.1, 0.15) is 5.56 Å². The van der Waals surface area contributed by atoms with E-state index in [1.807, 2.05) is 25.1 Å². The number of likely N-dealkylation sites (N-methyl/N-ethyl adjacent to an activating group) is 1. The Morgan fingerprint density at radius 1 is 1.21 bits per heavy atom. The number of nitrogens with one attached hydrogen (secondary N) is 1. The van der Waals surface area contributed by atoms with Crippen LogP contribution in [0.15, 0.2) is 42.5 Å². The predicted octanol–water partition coefficient (Wildman–Crippen LogP) is 3.08. The molecule has 0 aliphatic carbocycles. The molecule has 0 atom stereocenters. The molecular weight excluding hydrogens is 388 g/mol. The second kappa shape index (κ2) is 9.11. The van der Waals surface area contributed by atoms with E-state index in [9.17, 15) is 14.9 Å². The quantitative estimate of drug-likeness (QED) is 0.455. The van der Waals surface area contributed by atoms with Gasteiger partial charge < -0.3 is 4.90 Å². The standard InChI is InChI=1S/C21H24N4O3S/c1-4-23(5-2)12-13-24(20(26)16-8-6-7-9-18(16)25(27)28)21-22-17-11-10-15(3)14-19(17)29-21/h6-11,14H,4-5,12-13H2,1-3H3/p+1. The van der Waals surface area contributed by atoms with E-state index in [4.69, 9.17) is 0 Å². The zero-order chi connectivity index (χ0) is 21.0. The summed E-state index contributed by atoms with van der Waals surface area (Å²) in [5, 5.41) is 12.0. The molecule has 7 nitrogen and oxygen atoms in total. The third-order valence-electron chi connectivity index (χ3n) is 5.03. The highest BCUT2D eigenvalue weighted by atomic mass is 32.1. The fourth-order valence-electron chi connectivity index (χ4n) is 3.25. The van der Waals surface area contributed by atoms with Crippen molar-refractivity contribution in [2.75, 3.05) is 31.1 Å². The van der Waals surface area contributed by atoms with Gasteiger partial charge in [0, 0.05) is 6.07 Å². The molecule has 0 spiro atoms. The molecule has 0 saturated carbocycles. The summed E-state index contributed by atoms with van der Waals surface area (Å²) in [6.45, 7) is 9.31. The normalized spacial score (nSPS) is 11.2. The Balaban J connectivity index is 2.02. The van der Waals surface area contributed by atoms with Gasteiger partial charge in [0.05, 0.1) is 41.3 Å². The van der Waals surface area contributed by atoms with Gasteiger partial charge in [-0.2, -0.15) is 0 Å². The van der Waals surface area contributed by atoms with Gasteiger partial charge in [-0.25, -0.2) is 4.98 Å². The zero-order valence-corrected chi connectivity index (χ0v) is 17.7. The second-order valence-corrected chi connectivity index (χ2v) is 7.91. The summed E-state index contributed by atoms with van der Waals surface area (Å²) >= 11 is 1.44. The number of benzene rings is 2. The minimum atomic E-state index is -0.511. The molecule has 0 saturated heterocycles. The number of carbonyl (C=O) groups is 1. The van der Waals surface area contributed by atoms with E-state index in [2.05, 4.69) is 18.8 Å². The number of aryl methyl sites for hydroxylation is 1. The van der Waals surface area contributed by atoms with Gasteiger partial charge in [0.2, 0.25) is 0 Å². The number of nitro benzene ring substituents is 1.